The fourth-order valence-corrected chi connectivity index (χ4v) is 6.58. The molecule has 17 heteroatoms. The van der Waals surface area contributed by atoms with Crippen molar-refractivity contribution in [1.29, 1.82) is 0 Å². The molecule has 0 bridgehead atoms. The number of pyridine rings is 1. The first-order chi connectivity index (χ1) is 22.4. The van der Waals surface area contributed by atoms with Gasteiger partial charge in [0.15, 0.2) is 6.10 Å². The van der Waals surface area contributed by atoms with E-state index < -0.39 is 50.1 Å². The number of carbonyl (C=O) groups is 1. The van der Waals surface area contributed by atoms with Gasteiger partial charge in [-0.1, -0.05) is 12.1 Å². The van der Waals surface area contributed by atoms with Crippen LogP contribution in [0.1, 0.15) is 29.6 Å². The largest absolute Gasteiger partial charge is 0.463 e. The van der Waals surface area contributed by atoms with Crippen molar-refractivity contribution in [1.82, 2.24) is 14.7 Å². The van der Waals surface area contributed by atoms with E-state index in [1.54, 1.807) is 24.4 Å². The topological polar surface area (TPSA) is 169 Å². The van der Waals surface area contributed by atoms with Gasteiger partial charge in [0.25, 0.3) is 21.6 Å². The Kier molecular flexibility index (Phi) is 8.67. The van der Waals surface area contributed by atoms with E-state index >= 15 is 0 Å². The first-order valence-corrected chi connectivity index (χ1v) is 16.1. The summed E-state index contributed by atoms with van der Waals surface area (Å²) in [6.45, 7) is 1.37. The third-order valence-electron chi connectivity index (χ3n) is 8.07. The summed E-state index contributed by atoms with van der Waals surface area (Å²) < 4.78 is 80.8. The number of benzene rings is 2. The lowest BCUT2D eigenvalue weighted by Gasteiger charge is -2.25. The lowest BCUT2D eigenvalue weighted by atomic mass is 10.0. The second-order valence-electron chi connectivity index (χ2n) is 11.1. The van der Waals surface area contributed by atoms with E-state index in [-0.39, 0.29) is 41.0 Å². The van der Waals surface area contributed by atoms with Crippen LogP contribution >= 0.6 is 0 Å². The standard InChI is InChI=1S/C30H29F3N6O7S/c31-30(32,33)26-8-12-38(25-15-19-7-11-34-27(19)36-29(25)46-26)23-4-2-1-3-21(23)28(40)37-47(43,44)20-5-6-22(24(16-20)39(41)42)35-17-18-9-13-45-14-10-18/h1-7,11,15-16,18,26,35H,8-10,12-14,17H2,(H,34,36)(H,37,40). The lowest BCUT2D eigenvalue weighted by Crippen LogP contribution is -2.36. The molecule has 0 radical (unpaired) electrons. The Bertz CT molecular complexity index is 1930. The highest BCUT2D eigenvalue weighted by Gasteiger charge is 2.44. The molecule has 4 heterocycles. The molecule has 1 unspecified atom stereocenters. The van der Waals surface area contributed by atoms with Gasteiger partial charge in [-0.05, 0) is 55.2 Å². The summed E-state index contributed by atoms with van der Waals surface area (Å²) in [5, 5.41) is 15.4. The summed E-state index contributed by atoms with van der Waals surface area (Å²) >= 11 is 0. The molecule has 2 aromatic carbocycles. The highest BCUT2D eigenvalue weighted by molar-refractivity contribution is 7.90. The summed E-state index contributed by atoms with van der Waals surface area (Å²) in [6.07, 6.45) is -4.27. The zero-order valence-electron chi connectivity index (χ0n) is 24.6. The smallest absolute Gasteiger partial charge is 0.425 e. The molecule has 2 aliphatic rings. The van der Waals surface area contributed by atoms with Gasteiger partial charge in [0.05, 0.1) is 21.1 Å². The zero-order chi connectivity index (χ0) is 33.3. The van der Waals surface area contributed by atoms with Crippen LogP contribution in [0.3, 0.4) is 0 Å². The number of hydrogen-bond donors (Lipinski definition) is 3. The van der Waals surface area contributed by atoms with Crippen molar-refractivity contribution in [3.05, 3.63) is 76.5 Å². The molecule has 2 aliphatic heterocycles. The van der Waals surface area contributed by atoms with Crippen molar-refractivity contribution in [2.24, 2.45) is 5.92 Å². The number of nitro groups is 1. The number of rotatable bonds is 8. The second-order valence-corrected chi connectivity index (χ2v) is 12.8. The number of aromatic amines is 1. The molecule has 1 fully saturated rings. The number of para-hydroxylation sites is 1. The Balaban J connectivity index is 1.29. The molecule has 1 amide bonds. The number of nitrogens with one attached hydrogen (secondary N) is 3. The third kappa shape index (κ3) is 6.80. The highest BCUT2D eigenvalue weighted by Crippen LogP contribution is 2.42. The van der Waals surface area contributed by atoms with E-state index in [0.717, 1.165) is 25.0 Å². The minimum atomic E-state index is -4.71. The fourth-order valence-electron chi connectivity index (χ4n) is 5.60. The van der Waals surface area contributed by atoms with E-state index in [2.05, 4.69) is 15.3 Å². The summed E-state index contributed by atoms with van der Waals surface area (Å²) in [7, 11) is -4.64. The Hall–Kier alpha value is -4.90. The quantitative estimate of drug-likeness (QED) is 0.165. The predicted octanol–water partition coefficient (Wildman–Crippen LogP) is 5.28. The number of ether oxygens (including phenoxy) is 2. The van der Waals surface area contributed by atoms with Gasteiger partial charge in [-0.25, -0.2) is 13.1 Å². The number of fused-ring (bicyclic) bond motifs is 2. The first kappa shape index (κ1) is 32.1. The molecular weight excluding hydrogens is 645 g/mol. The molecular formula is C30H29F3N6O7S. The van der Waals surface area contributed by atoms with Gasteiger partial charge in [-0.3, -0.25) is 14.9 Å². The number of aromatic nitrogens is 2. The molecule has 1 saturated heterocycles. The van der Waals surface area contributed by atoms with E-state index in [0.29, 0.717) is 30.8 Å². The van der Waals surface area contributed by atoms with Crippen LogP contribution in [0.15, 0.2) is 65.7 Å². The van der Waals surface area contributed by atoms with Crippen LogP contribution in [0.5, 0.6) is 5.88 Å². The number of amides is 1. The normalized spacial score (nSPS) is 17.4. The number of nitrogens with zero attached hydrogens (tertiary/aromatic N) is 3. The van der Waals surface area contributed by atoms with Crippen LogP contribution in [-0.4, -0.2) is 67.8 Å². The van der Waals surface area contributed by atoms with Crippen molar-refractivity contribution in [2.75, 3.05) is 36.5 Å². The summed E-state index contributed by atoms with van der Waals surface area (Å²) in [6, 6.07) is 12.3. The van der Waals surface area contributed by atoms with Crippen LogP contribution in [-0.2, 0) is 14.8 Å². The lowest BCUT2D eigenvalue weighted by molar-refractivity contribution is -0.384. The van der Waals surface area contributed by atoms with E-state index in [1.807, 2.05) is 4.72 Å². The maximum Gasteiger partial charge on any atom is 0.425 e. The van der Waals surface area contributed by atoms with Gasteiger partial charge in [0.2, 0.25) is 5.88 Å². The molecule has 248 valence electrons. The monoisotopic (exact) mass is 674 g/mol. The highest BCUT2D eigenvalue weighted by atomic mass is 32.2. The Morgan fingerprint density at radius 3 is 2.60 bits per heavy atom. The van der Waals surface area contributed by atoms with Crippen molar-refractivity contribution in [3.63, 3.8) is 0 Å². The number of H-pyrrole nitrogens is 1. The average molecular weight is 675 g/mol. The number of carbonyl (C=O) groups excluding carboxylic acids is 1. The van der Waals surface area contributed by atoms with Crippen LogP contribution < -0.4 is 19.7 Å². The number of anilines is 3. The first-order valence-electron chi connectivity index (χ1n) is 14.7. The van der Waals surface area contributed by atoms with Crippen molar-refractivity contribution < 1.29 is 40.8 Å². The molecule has 0 spiro atoms. The SMILES string of the molecule is O=C(NS(=O)(=O)c1ccc(NCC2CCOCC2)c([N+](=O)[O-])c1)c1ccccc1N1CCC(C(F)(F)F)Oc2nc3[nH]ccc3cc21. The van der Waals surface area contributed by atoms with Crippen molar-refractivity contribution >= 4 is 49.7 Å². The van der Waals surface area contributed by atoms with E-state index in [9.17, 15) is 36.5 Å². The number of halogens is 3. The Morgan fingerprint density at radius 1 is 1.09 bits per heavy atom. The average Bonchev–Trinajstić information content (AvgIpc) is 3.41. The predicted molar refractivity (Wildman–Crippen MR) is 164 cm³/mol. The van der Waals surface area contributed by atoms with Crippen LogP contribution in [0, 0.1) is 16.0 Å². The van der Waals surface area contributed by atoms with E-state index in [1.165, 1.54) is 29.2 Å². The molecule has 1 atom stereocenters. The number of nitro benzene ring substituents is 1. The van der Waals surface area contributed by atoms with Crippen LogP contribution in [0.2, 0.25) is 0 Å². The number of sulfonamides is 1. The molecule has 3 N–H and O–H groups in total. The van der Waals surface area contributed by atoms with E-state index in [4.69, 9.17) is 9.47 Å². The van der Waals surface area contributed by atoms with Crippen LogP contribution in [0.4, 0.5) is 35.9 Å². The molecule has 0 saturated carbocycles. The van der Waals surface area contributed by atoms with Gasteiger partial charge < -0.3 is 24.7 Å². The van der Waals surface area contributed by atoms with Gasteiger partial charge >= 0.3 is 6.18 Å². The minimum Gasteiger partial charge on any atom is -0.463 e. The van der Waals surface area contributed by atoms with Crippen molar-refractivity contribution in [3.8, 4) is 5.88 Å². The van der Waals surface area contributed by atoms with Gasteiger partial charge in [-0.2, -0.15) is 18.2 Å². The molecule has 13 nitrogen and oxygen atoms in total. The summed E-state index contributed by atoms with van der Waals surface area (Å²) in [4.78, 5) is 32.7. The second kappa shape index (κ2) is 12.7. The number of hydrogen-bond acceptors (Lipinski definition) is 10. The number of alkyl halides is 3. The van der Waals surface area contributed by atoms with Crippen LogP contribution in [0.25, 0.3) is 11.0 Å². The maximum absolute atomic E-state index is 13.8. The molecule has 4 aromatic rings. The van der Waals surface area contributed by atoms with Gasteiger partial charge in [-0.15, -0.1) is 0 Å². The molecule has 6 rings (SSSR count). The summed E-state index contributed by atoms with van der Waals surface area (Å²) in [5.74, 6) is -1.18. The van der Waals surface area contributed by atoms with Gasteiger partial charge in [0.1, 0.15) is 17.0 Å². The fraction of sp³-hybridized carbons (Fsp3) is 0.333. The Labute approximate surface area is 266 Å². The molecule has 47 heavy (non-hydrogen) atoms. The molecule has 0 aliphatic carbocycles. The molecule has 2 aromatic heterocycles. The van der Waals surface area contributed by atoms with Crippen molar-refractivity contribution in [2.45, 2.75) is 36.4 Å². The maximum atomic E-state index is 13.8. The van der Waals surface area contributed by atoms with Gasteiger partial charge in [0, 0.05) is 50.4 Å². The summed E-state index contributed by atoms with van der Waals surface area (Å²) in [5.41, 5.74) is 0.00118. The zero-order valence-corrected chi connectivity index (χ0v) is 25.4. The Morgan fingerprint density at radius 2 is 1.85 bits per heavy atom. The minimum absolute atomic E-state index is 0.100. The third-order valence-corrected chi connectivity index (χ3v) is 9.40.